The van der Waals surface area contributed by atoms with Crippen LogP contribution in [0.1, 0.15) is 71.2 Å². The molecule has 1 aromatic heterocycles. The second kappa shape index (κ2) is 13.8. The first-order valence-electron chi connectivity index (χ1n) is 14.8. The van der Waals surface area contributed by atoms with Gasteiger partial charge in [-0.15, -0.1) is 0 Å². The van der Waals surface area contributed by atoms with Crippen LogP contribution in [0.3, 0.4) is 0 Å². The lowest BCUT2D eigenvalue weighted by Gasteiger charge is -2.38. The van der Waals surface area contributed by atoms with Crippen LogP contribution >= 0.6 is 11.3 Å². The molecule has 8 heteroatoms. The number of carbonyl (C=O) groups excluding carboxylic acids is 3. The molecule has 3 aromatic rings. The molecule has 1 aliphatic carbocycles. The van der Waals surface area contributed by atoms with E-state index >= 15 is 0 Å². The van der Waals surface area contributed by atoms with E-state index in [0.29, 0.717) is 41.5 Å². The number of nitrogens with zero attached hydrogens (tertiary/aromatic N) is 2. The SMILES string of the molecule is Cc1ccccc1N1CCN(c2ccc(C(=O)NCCCC3CCCCC(=O)C3)cc2NC(=O)c2ccsc2)CC1. The maximum absolute atomic E-state index is 13.1. The Morgan fingerprint density at radius 3 is 2.46 bits per heavy atom. The molecule has 5 rings (SSSR count). The van der Waals surface area contributed by atoms with Gasteiger partial charge in [-0.05, 0) is 73.4 Å². The Hall–Kier alpha value is -3.65. The number of piperazine rings is 1. The molecule has 1 aliphatic heterocycles. The molecule has 2 aliphatic rings. The summed E-state index contributed by atoms with van der Waals surface area (Å²) in [5, 5.41) is 9.84. The largest absolute Gasteiger partial charge is 0.368 e. The first kappa shape index (κ1) is 28.9. The van der Waals surface area contributed by atoms with Crippen LogP contribution in [0.2, 0.25) is 0 Å². The van der Waals surface area contributed by atoms with Gasteiger partial charge < -0.3 is 20.4 Å². The average Bonchev–Trinajstić information content (AvgIpc) is 3.45. The highest BCUT2D eigenvalue weighted by molar-refractivity contribution is 7.08. The van der Waals surface area contributed by atoms with E-state index in [-0.39, 0.29) is 11.8 Å². The highest BCUT2D eigenvalue weighted by Gasteiger charge is 2.23. The molecule has 0 spiro atoms. The lowest BCUT2D eigenvalue weighted by molar-refractivity contribution is -0.119. The number of amides is 2. The number of ketones is 1. The molecule has 1 atom stereocenters. The number of nitrogens with one attached hydrogen (secondary N) is 2. The molecule has 2 heterocycles. The number of para-hydroxylation sites is 1. The monoisotopic (exact) mass is 572 g/mol. The predicted molar refractivity (Wildman–Crippen MR) is 167 cm³/mol. The van der Waals surface area contributed by atoms with Crippen molar-refractivity contribution >= 4 is 46.0 Å². The summed E-state index contributed by atoms with van der Waals surface area (Å²) in [6.45, 7) is 6.08. The Labute approximate surface area is 246 Å². The molecule has 2 amide bonds. The number of hydrogen-bond acceptors (Lipinski definition) is 6. The molecule has 2 aromatic carbocycles. The third-order valence-corrected chi connectivity index (χ3v) is 8.96. The van der Waals surface area contributed by atoms with Gasteiger partial charge in [0.05, 0.1) is 16.9 Å². The van der Waals surface area contributed by atoms with Gasteiger partial charge in [-0.2, -0.15) is 11.3 Å². The van der Waals surface area contributed by atoms with Gasteiger partial charge in [0.25, 0.3) is 11.8 Å². The molecule has 1 saturated carbocycles. The summed E-state index contributed by atoms with van der Waals surface area (Å²) in [6, 6.07) is 15.9. The van der Waals surface area contributed by atoms with Crippen molar-refractivity contribution in [1.82, 2.24) is 5.32 Å². The summed E-state index contributed by atoms with van der Waals surface area (Å²) < 4.78 is 0. The van der Waals surface area contributed by atoms with E-state index < -0.39 is 0 Å². The van der Waals surface area contributed by atoms with Gasteiger partial charge in [0.1, 0.15) is 5.78 Å². The average molecular weight is 573 g/mol. The van der Waals surface area contributed by atoms with Crippen molar-refractivity contribution in [2.45, 2.75) is 51.9 Å². The summed E-state index contributed by atoms with van der Waals surface area (Å²) >= 11 is 1.48. The second-order valence-electron chi connectivity index (χ2n) is 11.2. The van der Waals surface area contributed by atoms with Crippen molar-refractivity contribution < 1.29 is 14.4 Å². The summed E-state index contributed by atoms with van der Waals surface area (Å²) in [7, 11) is 0. The Balaban J connectivity index is 1.24. The molecule has 7 nitrogen and oxygen atoms in total. The molecule has 0 radical (unpaired) electrons. The molecular formula is C33H40N4O3S. The fraction of sp³-hybridized carbons (Fsp3) is 0.424. The molecular weight excluding hydrogens is 532 g/mol. The number of benzene rings is 2. The van der Waals surface area contributed by atoms with E-state index in [1.807, 2.05) is 22.9 Å². The number of aryl methyl sites for hydroxylation is 1. The summed E-state index contributed by atoms with van der Waals surface area (Å²) in [5.41, 5.74) is 5.23. The van der Waals surface area contributed by atoms with Gasteiger partial charge in [-0.1, -0.05) is 31.0 Å². The topological polar surface area (TPSA) is 81.8 Å². The molecule has 2 fully saturated rings. The van der Waals surface area contributed by atoms with E-state index in [1.54, 1.807) is 12.1 Å². The van der Waals surface area contributed by atoms with Crippen molar-refractivity contribution in [3.8, 4) is 0 Å². The minimum absolute atomic E-state index is 0.149. The molecule has 1 saturated heterocycles. The maximum Gasteiger partial charge on any atom is 0.256 e. The van der Waals surface area contributed by atoms with E-state index in [1.165, 1.54) is 22.6 Å². The number of anilines is 3. The standard InChI is InChI=1S/C33H40N4O3S/c1-24-7-2-5-11-30(24)36-16-18-37(19-17-36)31-13-12-26(22-29(31)35-33(40)27-14-20-41-23-27)32(39)34-15-6-9-25-8-3-4-10-28(38)21-25/h2,5,7,11-14,20,22-23,25H,3-4,6,8-10,15-19,21H2,1H3,(H,34,39)(H,35,40). The summed E-state index contributed by atoms with van der Waals surface area (Å²) in [4.78, 5) is 42.7. The molecule has 0 bridgehead atoms. The highest BCUT2D eigenvalue weighted by atomic mass is 32.1. The van der Waals surface area contributed by atoms with Gasteiger partial charge >= 0.3 is 0 Å². The molecule has 1 unspecified atom stereocenters. The normalized spacial score (nSPS) is 17.7. The predicted octanol–water partition coefficient (Wildman–Crippen LogP) is 6.29. The molecule has 2 N–H and O–H groups in total. The van der Waals surface area contributed by atoms with E-state index in [9.17, 15) is 14.4 Å². The van der Waals surface area contributed by atoms with Crippen LogP contribution in [0.15, 0.2) is 59.3 Å². The zero-order valence-electron chi connectivity index (χ0n) is 23.9. The van der Waals surface area contributed by atoms with Crippen LogP contribution in [0.5, 0.6) is 0 Å². The minimum Gasteiger partial charge on any atom is -0.368 e. The molecule has 41 heavy (non-hydrogen) atoms. The van der Waals surface area contributed by atoms with Crippen molar-refractivity contribution in [1.29, 1.82) is 0 Å². The second-order valence-corrected chi connectivity index (χ2v) is 12.0. The van der Waals surface area contributed by atoms with Crippen molar-refractivity contribution in [2.24, 2.45) is 5.92 Å². The number of carbonyl (C=O) groups is 3. The van der Waals surface area contributed by atoms with Crippen LogP contribution in [-0.2, 0) is 4.79 Å². The number of hydrogen-bond donors (Lipinski definition) is 2. The molecule has 216 valence electrons. The first-order chi connectivity index (χ1) is 20.0. The van der Waals surface area contributed by atoms with Crippen LogP contribution in [0.4, 0.5) is 17.1 Å². The van der Waals surface area contributed by atoms with Crippen molar-refractivity contribution in [3.63, 3.8) is 0 Å². The van der Waals surface area contributed by atoms with Crippen LogP contribution in [0.25, 0.3) is 0 Å². The van der Waals surface area contributed by atoms with Gasteiger partial charge in [-0.25, -0.2) is 0 Å². The highest BCUT2D eigenvalue weighted by Crippen LogP contribution is 2.31. The zero-order valence-corrected chi connectivity index (χ0v) is 24.7. The zero-order chi connectivity index (χ0) is 28.6. The van der Waals surface area contributed by atoms with E-state index in [0.717, 1.165) is 70.4 Å². The van der Waals surface area contributed by atoms with Crippen molar-refractivity contribution in [3.05, 3.63) is 76.0 Å². The fourth-order valence-electron chi connectivity index (χ4n) is 5.97. The third kappa shape index (κ3) is 7.55. The Bertz CT molecular complexity index is 1350. The van der Waals surface area contributed by atoms with Gasteiger partial charge in [0.15, 0.2) is 0 Å². The number of Topliss-reactive ketones (excluding diaryl/α,β-unsaturated/α-hetero) is 1. The third-order valence-electron chi connectivity index (χ3n) is 8.28. The Morgan fingerprint density at radius 2 is 1.71 bits per heavy atom. The Kier molecular flexibility index (Phi) is 9.72. The number of thiophene rings is 1. The van der Waals surface area contributed by atoms with Crippen molar-refractivity contribution in [2.75, 3.05) is 47.8 Å². The maximum atomic E-state index is 13.1. The van der Waals surface area contributed by atoms with Crippen LogP contribution < -0.4 is 20.4 Å². The smallest absolute Gasteiger partial charge is 0.256 e. The van der Waals surface area contributed by atoms with Crippen LogP contribution in [-0.4, -0.2) is 50.3 Å². The van der Waals surface area contributed by atoms with Gasteiger partial charge in [0, 0.05) is 62.2 Å². The fourth-order valence-corrected chi connectivity index (χ4v) is 6.61. The van der Waals surface area contributed by atoms with E-state index in [2.05, 4.69) is 51.6 Å². The lowest BCUT2D eigenvalue weighted by atomic mass is 9.94. The Morgan fingerprint density at radius 1 is 0.927 bits per heavy atom. The minimum atomic E-state index is -0.179. The number of rotatable bonds is 9. The van der Waals surface area contributed by atoms with Crippen LogP contribution in [0, 0.1) is 12.8 Å². The quantitative estimate of drug-likeness (QED) is 0.233. The van der Waals surface area contributed by atoms with Gasteiger partial charge in [-0.3, -0.25) is 14.4 Å². The first-order valence-corrected chi connectivity index (χ1v) is 15.8. The van der Waals surface area contributed by atoms with E-state index in [4.69, 9.17) is 0 Å². The summed E-state index contributed by atoms with van der Waals surface area (Å²) in [6.07, 6.45) is 6.45. The summed E-state index contributed by atoms with van der Waals surface area (Å²) in [5.74, 6) is 0.488. The lowest BCUT2D eigenvalue weighted by Crippen LogP contribution is -2.47. The van der Waals surface area contributed by atoms with Gasteiger partial charge in [0.2, 0.25) is 0 Å².